The van der Waals surface area contributed by atoms with Gasteiger partial charge in [-0.3, -0.25) is 0 Å². The molecule has 6 nitrogen and oxygen atoms in total. The number of hydrogen-bond donors (Lipinski definition) is 3. The number of carboxylic acid groups (broad SMARTS) is 1. The standard InChI is InChI=1S/C13H15FN2O4/c14-9-1-2-10(12(18)19)11(5-9)15-13(20)16-4-3-8(6-16)7-17/h1-2,5,8,17H,3-4,6-7H2,(H,15,20)(H,18,19). The number of carbonyl (C=O) groups is 2. The number of aromatic carboxylic acids is 1. The summed E-state index contributed by atoms with van der Waals surface area (Å²) in [5.74, 6) is -1.83. The van der Waals surface area contributed by atoms with Crippen molar-refractivity contribution < 1.29 is 24.2 Å². The number of urea groups is 1. The van der Waals surface area contributed by atoms with E-state index in [1.54, 1.807) is 0 Å². The molecule has 0 radical (unpaired) electrons. The molecule has 1 unspecified atom stereocenters. The first-order chi connectivity index (χ1) is 9.51. The van der Waals surface area contributed by atoms with E-state index in [-0.39, 0.29) is 23.8 Å². The third-order valence-corrected chi connectivity index (χ3v) is 3.28. The second-order valence-corrected chi connectivity index (χ2v) is 4.71. The minimum absolute atomic E-state index is 0.00409. The van der Waals surface area contributed by atoms with Crippen LogP contribution in [-0.2, 0) is 0 Å². The van der Waals surface area contributed by atoms with Crippen molar-refractivity contribution in [2.24, 2.45) is 5.92 Å². The van der Waals surface area contributed by atoms with Crippen molar-refractivity contribution in [3.63, 3.8) is 0 Å². The van der Waals surface area contributed by atoms with Gasteiger partial charge in [0.15, 0.2) is 0 Å². The molecule has 1 aliphatic rings. The first-order valence-electron chi connectivity index (χ1n) is 6.21. The van der Waals surface area contributed by atoms with Crippen molar-refractivity contribution >= 4 is 17.7 Å². The van der Waals surface area contributed by atoms with Gasteiger partial charge in [-0.05, 0) is 24.6 Å². The molecule has 2 rings (SSSR count). The Morgan fingerprint density at radius 1 is 1.45 bits per heavy atom. The zero-order valence-electron chi connectivity index (χ0n) is 10.7. The number of aliphatic hydroxyl groups excluding tert-OH is 1. The number of halogens is 1. The van der Waals surface area contributed by atoms with Gasteiger partial charge in [-0.2, -0.15) is 0 Å². The molecular formula is C13H15FN2O4. The molecule has 1 aliphatic heterocycles. The Labute approximate surface area is 114 Å². The van der Waals surface area contributed by atoms with Gasteiger partial charge in [0.25, 0.3) is 0 Å². The lowest BCUT2D eigenvalue weighted by molar-refractivity contribution is 0.0698. The van der Waals surface area contributed by atoms with Gasteiger partial charge in [-0.25, -0.2) is 14.0 Å². The molecule has 1 aromatic rings. The van der Waals surface area contributed by atoms with Crippen molar-refractivity contribution in [2.45, 2.75) is 6.42 Å². The van der Waals surface area contributed by atoms with Crippen LogP contribution in [0.25, 0.3) is 0 Å². The maximum absolute atomic E-state index is 13.2. The van der Waals surface area contributed by atoms with Crippen molar-refractivity contribution in [1.29, 1.82) is 0 Å². The SMILES string of the molecule is O=C(O)c1ccc(F)cc1NC(=O)N1CCC(CO)C1. The number of benzene rings is 1. The minimum atomic E-state index is -1.24. The van der Waals surface area contributed by atoms with Crippen molar-refractivity contribution in [3.8, 4) is 0 Å². The molecule has 0 bridgehead atoms. The number of aliphatic hydroxyl groups is 1. The maximum atomic E-state index is 13.2. The highest BCUT2D eigenvalue weighted by atomic mass is 19.1. The number of nitrogens with zero attached hydrogens (tertiary/aromatic N) is 1. The molecule has 1 saturated heterocycles. The van der Waals surface area contributed by atoms with Gasteiger partial charge in [0, 0.05) is 25.6 Å². The molecule has 3 N–H and O–H groups in total. The van der Waals surface area contributed by atoms with Gasteiger partial charge in [-0.1, -0.05) is 0 Å². The van der Waals surface area contributed by atoms with Gasteiger partial charge in [0.2, 0.25) is 0 Å². The van der Waals surface area contributed by atoms with Crippen LogP contribution < -0.4 is 5.32 Å². The smallest absolute Gasteiger partial charge is 0.337 e. The van der Waals surface area contributed by atoms with Crippen LogP contribution in [0.3, 0.4) is 0 Å². The predicted octanol–water partition coefficient (Wildman–Crippen LogP) is 1.37. The number of likely N-dealkylation sites (tertiary alicyclic amines) is 1. The van der Waals surface area contributed by atoms with Crippen LogP contribution in [0.2, 0.25) is 0 Å². The Kier molecular flexibility index (Phi) is 4.19. The molecular weight excluding hydrogens is 267 g/mol. The van der Waals surface area contributed by atoms with E-state index in [2.05, 4.69) is 5.32 Å². The summed E-state index contributed by atoms with van der Waals surface area (Å²) in [7, 11) is 0. The summed E-state index contributed by atoms with van der Waals surface area (Å²) in [6.07, 6.45) is 0.693. The Morgan fingerprint density at radius 3 is 2.80 bits per heavy atom. The number of anilines is 1. The summed E-state index contributed by atoms with van der Waals surface area (Å²) in [6, 6.07) is 2.61. The highest BCUT2D eigenvalue weighted by molar-refractivity contribution is 6.00. The fraction of sp³-hybridized carbons (Fsp3) is 0.385. The van der Waals surface area contributed by atoms with E-state index in [4.69, 9.17) is 10.2 Å². The lowest BCUT2D eigenvalue weighted by Crippen LogP contribution is -2.33. The minimum Gasteiger partial charge on any atom is -0.478 e. The highest BCUT2D eigenvalue weighted by Crippen LogP contribution is 2.20. The van der Waals surface area contributed by atoms with Crippen LogP contribution in [0.1, 0.15) is 16.8 Å². The maximum Gasteiger partial charge on any atom is 0.337 e. The van der Waals surface area contributed by atoms with Gasteiger partial charge in [0.05, 0.1) is 11.3 Å². The Bertz CT molecular complexity index is 535. The summed E-state index contributed by atoms with van der Waals surface area (Å²) in [6.45, 7) is 0.888. The first-order valence-corrected chi connectivity index (χ1v) is 6.21. The van der Waals surface area contributed by atoms with Crippen LogP contribution in [0.5, 0.6) is 0 Å². The largest absolute Gasteiger partial charge is 0.478 e. The summed E-state index contributed by atoms with van der Waals surface area (Å²) >= 11 is 0. The number of amides is 2. The van der Waals surface area contributed by atoms with E-state index < -0.39 is 17.8 Å². The predicted molar refractivity (Wildman–Crippen MR) is 69.1 cm³/mol. The second kappa shape index (κ2) is 5.87. The number of hydrogen-bond acceptors (Lipinski definition) is 3. The van der Waals surface area contributed by atoms with Crippen LogP contribution in [0, 0.1) is 11.7 Å². The molecule has 0 aliphatic carbocycles. The molecule has 1 aromatic carbocycles. The molecule has 7 heteroatoms. The summed E-state index contributed by atoms with van der Waals surface area (Å²) in [5.41, 5.74) is -0.243. The van der Waals surface area contributed by atoms with Crippen molar-refractivity contribution in [2.75, 3.05) is 25.0 Å². The molecule has 2 amide bonds. The van der Waals surface area contributed by atoms with E-state index in [1.807, 2.05) is 0 Å². The monoisotopic (exact) mass is 282 g/mol. The fourth-order valence-corrected chi connectivity index (χ4v) is 2.17. The van der Waals surface area contributed by atoms with Gasteiger partial charge in [0.1, 0.15) is 5.82 Å². The van der Waals surface area contributed by atoms with E-state index >= 15 is 0 Å². The van der Waals surface area contributed by atoms with E-state index in [1.165, 1.54) is 4.90 Å². The lowest BCUT2D eigenvalue weighted by atomic mass is 10.1. The van der Waals surface area contributed by atoms with Crippen LogP contribution in [-0.4, -0.2) is 46.8 Å². The molecule has 20 heavy (non-hydrogen) atoms. The topological polar surface area (TPSA) is 89.9 Å². The van der Waals surface area contributed by atoms with Gasteiger partial charge in [-0.15, -0.1) is 0 Å². The second-order valence-electron chi connectivity index (χ2n) is 4.71. The highest BCUT2D eigenvalue weighted by Gasteiger charge is 2.26. The molecule has 0 spiro atoms. The number of nitrogens with one attached hydrogen (secondary N) is 1. The first kappa shape index (κ1) is 14.3. The molecule has 0 saturated carbocycles. The quantitative estimate of drug-likeness (QED) is 0.781. The Hall–Kier alpha value is -2.15. The fourth-order valence-electron chi connectivity index (χ4n) is 2.17. The van der Waals surface area contributed by atoms with Gasteiger partial charge >= 0.3 is 12.0 Å². The molecule has 1 atom stereocenters. The molecule has 108 valence electrons. The summed E-state index contributed by atoms with van der Waals surface area (Å²) in [4.78, 5) is 24.5. The molecule has 1 heterocycles. The average Bonchev–Trinajstić information content (AvgIpc) is 2.87. The van der Waals surface area contributed by atoms with Gasteiger partial charge < -0.3 is 20.4 Å². The van der Waals surface area contributed by atoms with Crippen LogP contribution in [0.4, 0.5) is 14.9 Å². The van der Waals surface area contributed by atoms with Crippen molar-refractivity contribution in [3.05, 3.63) is 29.6 Å². The molecule has 0 aromatic heterocycles. The van der Waals surface area contributed by atoms with E-state index in [0.29, 0.717) is 19.5 Å². The number of carboxylic acids is 1. The normalized spacial score (nSPS) is 18.1. The van der Waals surface area contributed by atoms with Crippen molar-refractivity contribution in [1.82, 2.24) is 4.90 Å². The lowest BCUT2D eigenvalue weighted by Gasteiger charge is -2.18. The third kappa shape index (κ3) is 3.05. The number of rotatable bonds is 3. The molecule has 1 fully saturated rings. The number of carbonyl (C=O) groups excluding carboxylic acids is 1. The Morgan fingerprint density at radius 2 is 2.20 bits per heavy atom. The van der Waals surface area contributed by atoms with E-state index in [0.717, 1.165) is 18.2 Å². The summed E-state index contributed by atoms with van der Waals surface area (Å²) in [5, 5.41) is 20.4. The van der Waals surface area contributed by atoms with E-state index in [9.17, 15) is 14.0 Å². The van der Waals surface area contributed by atoms with Crippen LogP contribution in [0.15, 0.2) is 18.2 Å². The third-order valence-electron chi connectivity index (χ3n) is 3.28. The summed E-state index contributed by atoms with van der Waals surface area (Å²) < 4.78 is 13.2. The van der Waals surface area contributed by atoms with Crippen LogP contribution >= 0.6 is 0 Å². The zero-order valence-corrected chi connectivity index (χ0v) is 10.7. The zero-order chi connectivity index (χ0) is 14.7. The average molecular weight is 282 g/mol. The Balaban J connectivity index is 2.11.